The molecular formula is C20H24Br2F2N4O4S. The molecule has 2 amide bonds. The molecule has 2 aromatic rings. The highest BCUT2D eigenvalue weighted by atomic mass is 79.9. The molecule has 3 N–H and O–H groups in total. The summed E-state index contributed by atoms with van der Waals surface area (Å²) in [5.41, 5.74) is -0.740. The van der Waals surface area contributed by atoms with Gasteiger partial charge in [-0.2, -0.15) is 4.37 Å². The van der Waals surface area contributed by atoms with Crippen molar-refractivity contribution in [2.45, 2.75) is 32.3 Å². The zero-order chi connectivity index (χ0) is 23.1. The molecule has 182 valence electrons. The summed E-state index contributed by atoms with van der Waals surface area (Å²) < 4.78 is 37.3. The van der Waals surface area contributed by atoms with E-state index in [0.29, 0.717) is 18.1 Å². The first-order valence-electron chi connectivity index (χ1n) is 10.1. The van der Waals surface area contributed by atoms with Crippen molar-refractivity contribution in [1.29, 1.82) is 0 Å². The van der Waals surface area contributed by atoms with Crippen molar-refractivity contribution in [3.63, 3.8) is 0 Å². The summed E-state index contributed by atoms with van der Waals surface area (Å²) in [7, 11) is 0. The number of hydrogen-bond acceptors (Lipinski definition) is 6. The fourth-order valence-corrected chi connectivity index (χ4v) is 4.44. The van der Waals surface area contributed by atoms with Crippen LogP contribution in [0.5, 0.6) is 5.88 Å². The van der Waals surface area contributed by atoms with E-state index in [9.17, 15) is 23.5 Å². The molecule has 0 bridgehead atoms. The number of rotatable bonds is 10. The molecule has 13 heteroatoms. The van der Waals surface area contributed by atoms with Gasteiger partial charge in [0.15, 0.2) is 5.56 Å². The molecule has 0 aliphatic carbocycles. The molecule has 33 heavy (non-hydrogen) atoms. The number of hydrogen-bond donors (Lipinski definition) is 3. The van der Waals surface area contributed by atoms with E-state index >= 15 is 0 Å². The Kier molecular flexibility index (Phi) is 10.9. The Balaban J connectivity index is 0.00000385. The number of nitrogens with one attached hydrogen (secondary N) is 2. The number of carbonyl (C=O) groups excluding carboxylic acids is 1. The van der Waals surface area contributed by atoms with Crippen LogP contribution in [-0.4, -0.2) is 52.6 Å². The minimum absolute atomic E-state index is 0. The van der Waals surface area contributed by atoms with Crippen molar-refractivity contribution in [2.75, 3.05) is 31.5 Å². The molecule has 8 nitrogen and oxygen atoms in total. The zero-order valence-corrected chi connectivity index (χ0v) is 21.7. The highest BCUT2D eigenvalue weighted by molar-refractivity contribution is 9.10. The van der Waals surface area contributed by atoms with Crippen molar-refractivity contribution in [3.05, 3.63) is 39.4 Å². The molecule has 0 saturated carbocycles. The van der Waals surface area contributed by atoms with Gasteiger partial charge in [-0.3, -0.25) is 5.32 Å². The number of aromatic carboxylic acids is 1. The van der Waals surface area contributed by atoms with E-state index in [1.54, 1.807) is 0 Å². The van der Waals surface area contributed by atoms with E-state index in [-0.39, 0.29) is 43.5 Å². The van der Waals surface area contributed by atoms with Gasteiger partial charge in [-0.25, -0.2) is 18.4 Å². The second kappa shape index (κ2) is 13.2. The van der Waals surface area contributed by atoms with Crippen LogP contribution in [0.15, 0.2) is 16.6 Å². The minimum atomic E-state index is -1.38. The van der Waals surface area contributed by atoms with Gasteiger partial charge >= 0.3 is 12.0 Å². The van der Waals surface area contributed by atoms with Gasteiger partial charge in [0.25, 0.3) is 0 Å². The molecule has 2 heterocycles. The first-order valence-corrected chi connectivity index (χ1v) is 11.7. The summed E-state index contributed by atoms with van der Waals surface area (Å²) in [5, 5.41) is 14.6. The molecule has 1 fully saturated rings. The van der Waals surface area contributed by atoms with Crippen molar-refractivity contribution in [1.82, 2.24) is 14.6 Å². The lowest BCUT2D eigenvalue weighted by Gasteiger charge is -2.14. The van der Waals surface area contributed by atoms with Crippen molar-refractivity contribution >= 4 is 61.4 Å². The van der Waals surface area contributed by atoms with E-state index in [2.05, 4.69) is 35.8 Å². The third kappa shape index (κ3) is 7.87. The van der Waals surface area contributed by atoms with E-state index in [1.807, 2.05) is 0 Å². The predicted octanol–water partition coefficient (Wildman–Crippen LogP) is 5.04. The van der Waals surface area contributed by atoms with Crippen molar-refractivity contribution < 1.29 is 28.2 Å². The highest BCUT2D eigenvalue weighted by Crippen LogP contribution is 2.31. The number of aromatic nitrogens is 1. The largest absolute Gasteiger partial charge is 0.477 e. The Bertz CT molecular complexity index is 951. The third-order valence-electron chi connectivity index (χ3n) is 4.95. The van der Waals surface area contributed by atoms with Crippen LogP contribution in [0.25, 0.3) is 0 Å². The summed E-state index contributed by atoms with van der Waals surface area (Å²) in [4.78, 5) is 26.2. The van der Waals surface area contributed by atoms with Crippen LogP contribution < -0.4 is 15.4 Å². The topological polar surface area (TPSA) is 104 Å². The molecule has 0 radical (unpaired) electrons. The fraction of sp³-hybridized carbons (Fsp3) is 0.450. The lowest BCUT2D eigenvalue weighted by Crippen LogP contribution is -2.30. The second-order valence-corrected chi connectivity index (χ2v) is 8.96. The van der Waals surface area contributed by atoms with Gasteiger partial charge in [0.1, 0.15) is 23.2 Å². The summed E-state index contributed by atoms with van der Waals surface area (Å²) in [6.45, 7) is 3.15. The van der Waals surface area contributed by atoms with Crippen molar-refractivity contribution in [2.24, 2.45) is 0 Å². The average molecular weight is 614 g/mol. The monoisotopic (exact) mass is 612 g/mol. The standard InChI is InChI=1S/C20H23BrF2N4O4S.BrH/c21-12-9-14(22)13(15(23)10-12)11-31-17-16(19(28)29)18(32-26-17)25-20(30)24-5-1-2-6-27-7-3-4-8-27;/h9-10H,1-8,11H2,(H,28,29)(H2,24,25,30);1H. The minimum Gasteiger partial charge on any atom is -0.477 e. The van der Waals surface area contributed by atoms with Crippen LogP contribution in [0.2, 0.25) is 0 Å². The number of carboxylic acid groups (broad SMARTS) is 1. The number of ether oxygens (including phenoxy) is 1. The first kappa shape index (κ1) is 27.4. The molecule has 3 rings (SSSR count). The highest BCUT2D eigenvalue weighted by Gasteiger charge is 2.24. The normalized spacial score (nSPS) is 13.4. The fourth-order valence-electron chi connectivity index (χ4n) is 3.31. The Labute approximate surface area is 212 Å². The summed E-state index contributed by atoms with van der Waals surface area (Å²) in [6, 6.07) is 1.58. The summed E-state index contributed by atoms with van der Waals surface area (Å²) >= 11 is 3.69. The molecule has 1 aromatic carbocycles. The van der Waals surface area contributed by atoms with E-state index < -0.39 is 30.2 Å². The van der Waals surface area contributed by atoms with Gasteiger partial charge in [-0.1, -0.05) is 15.9 Å². The summed E-state index contributed by atoms with van der Waals surface area (Å²) in [6.07, 6.45) is 4.24. The number of benzene rings is 1. The maximum Gasteiger partial charge on any atom is 0.344 e. The zero-order valence-electron chi connectivity index (χ0n) is 17.5. The van der Waals surface area contributed by atoms with E-state index in [4.69, 9.17) is 4.74 Å². The Morgan fingerprint density at radius 2 is 1.88 bits per heavy atom. The molecular weight excluding hydrogens is 590 g/mol. The predicted molar refractivity (Wildman–Crippen MR) is 130 cm³/mol. The molecule has 1 aliphatic rings. The van der Waals surface area contributed by atoms with E-state index in [0.717, 1.165) is 44.6 Å². The molecule has 1 aliphatic heterocycles. The van der Waals surface area contributed by atoms with Crippen LogP contribution >= 0.6 is 44.4 Å². The Morgan fingerprint density at radius 3 is 2.52 bits per heavy atom. The number of likely N-dealkylation sites (tertiary alicyclic amines) is 1. The van der Waals surface area contributed by atoms with Crippen LogP contribution in [0.1, 0.15) is 41.6 Å². The number of unbranched alkanes of at least 4 members (excludes halogenated alkanes) is 1. The Hall–Kier alpha value is -1.83. The summed E-state index contributed by atoms with van der Waals surface area (Å²) in [5.74, 6) is -3.39. The van der Waals surface area contributed by atoms with Crippen LogP contribution in [0.4, 0.5) is 18.6 Å². The first-order chi connectivity index (χ1) is 15.3. The quantitative estimate of drug-likeness (QED) is 0.325. The van der Waals surface area contributed by atoms with Crippen LogP contribution in [0.3, 0.4) is 0 Å². The van der Waals surface area contributed by atoms with Crippen LogP contribution in [-0.2, 0) is 6.61 Å². The van der Waals surface area contributed by atoms with Gasteiger partial charge in [0.05, 0.1) is 5.56 Å². The van der Waals surface area contributed by atoms with Gasteiger partial charge in [0.2, 0.25) is 5.88 Å². The number of amides is 2. The molecule has 1 saturated heterocycles. The molecule has 1 aromatic heterocycles. The van der Waals surface area contributed by atoms with Gasteiger partial charge < -0.3 is 20.1 Å². The molecule has 0 unspecified atom stereocenters. The second-order valence-electron chi connectivity index (χ2n) is 7.27. The average Bonchev–Trinajstić information content (AvgIpc) is 3.37. The lowest BCUT2D eigenvalue weighted by molar-refractivity contribution is 0.0693. The van der Waals surface area contributed by atoms with Gasteiger partial charge in [-0.15, -0.1) is 17.0 Å². The van der Waals surface area contributed by atoms with Gasteiger partial charge in [0, 0.05) is 11.0 Å². The van der Waals surface area contributed by atoms with Crippen molar-refractivity contribution in [3.8, 4) is 5.88 Å². The third-order valence-corrected chi connectivity index (χ3v) is 6.15. The molecule has 0 spiro atoms. The van der Waals surface area contributed by atoms with E-state index in [1.165, 1.54) is 12.8 Å². The SMILES string of the molecule is Br.O=C(NCCCCN1CCCC1)Nc1snc(OCc2c(F)cc(Br)cc2F)c1C(=O)O. The smallest absolute Gasteiger partial charge is 0.344 e. The van der Waals surface area contributed by atoms with Crippen LogP contribution in [0, 0.1) is 11.6 Å². The lowest BCUT2D eigenvalue weighted by atomic mass is 10.2. The molecule has 0 atom stereocenters. The number of carboxylic acids is 1. The Morgan fingerprint density at radius 1 is 1.21 bits per heavy atom. The maximum atomic E-state index is 14.0. The number of anilines is 1. The van der Waals surface area contributed by atoms with Gasteiger partial charge in [-0.05, 0) is 69.0 Å². The number of nitrogens with zero attached hydrogens (tertiary/aromatic N) is 2. The maximum absolute atomic E-state index is 14.0. The number of halogens is 4. The number of urea groups is 1. The number of carbonyl (C=O) groups is 2.